The van der Waals surface area contributed by atoms with Crippen molar-refractivity contribution in [1.82, 2.24) is 9.88 Å². The van der Waals surface area contributed by atoms with Crippen molar-refractivity contribution in [3.05, 3.63) is 48.2 Å². The second-order valence-electron chi connectivity index (χ2n) is 7.80. The number of hydrogen-bond donors (Lipinski definition) is 1. The molecule has 0 unspecified atom stereocenters. The molecule has 1 aromatic heterocycles. The summed E-state index contributed by atoms with van der Waals surface area (Å²) in [6.07, 6.45) is 1.55. The van der Waals surface area contributed by atoms with Crippen molar-refractivity contribution in [2.45, 2.75) is 26.4 Å². The van der Waals surface area contributed by atoms with E-state index in [1.807, 2.05) is 51.2 Å². The zero-order chi connectivity index (χ0) is 20.3. The number of nitrogens with zero attached hydrogens (tertiary/aromatic N) is 3. The number of anilines is 1. The molecule has 0 atom stereocenters. The van der Waals surface area contributed by atoms with Gasteiger partial charge in [-0.3, -0.25) is 4.79 Å². The lowest BCUT2D eigenvalue weighted by molar-refractivity contribution is 0.0240. The third-order valence-corrected chi connectivity index (χ3v) is 4.51. The second-order valence-corrected chi connectivity index (χ2v) is 7.80. The Bertz CT molecular complexity index is 833. The summed E-state index contributed by atoms with van der Waals surface area (Å²) in [6, 6.07) is 11.1. The Morgan fingerprint density at radius 3 is 2.07 bits per heavy atom. The lowest BCUT2D eigenvalue weighted by Gasteiger charge is -2.36. The largest absolute Gasteiger partial charge is 0.444 e. The summed E-state index contributed by atoms with van der Waals surface area (Å²) in [5, 5.41) is 0. The predicted octanol–water partition coefficient (Wildman–Crippen LogP) is 2.90. The van der Waals surface area contributed by atoms with Gasteiger partial charge in [-0.05, 0) is 50.6 Å². The first-order valence-electron chi connectivity index (χ1n) is 9.32. The van der Waals surface area contributed by atoms with Gasteiger partial charge >= 0.3 is 6.09 Å². The number of rotatable bonds is 3. The number of amides is 2. The molecule has 1 aromatic carbocycles. The lowest BCUT2D eigenvalue weighted by Crippen LogP contribution is -2.50. The zero-order valence-corrected chi connectivity index (χ0v) is 16.5. The molecule has 2 amide bonds. The van der Waals surface area contributed by atoms with Crippen molar-refractivity contribution >= 4 is 17.8 Å². The maximum absolute atomic E-state index is 12.2. The molecule has 2 aromatic rings. The first-order chi connectivity index (χ1) is 13.2. The molecule has 0 saturated carbocycles. The van der Waals surface area contributed by atoms with Crippen molar-refractivity contribution in [2.24, 2.45) is 5.73 Å². The van der Waals surface area contributed by atoms with E-state index in [4.69, 9.17) is 10.5 Å². The number of aromatic nitrogens is 1. The van der Waals surface area contributed by atoms with E-state index in [1.165, 1.54) is 0 Å². The molecular weight excluding hydrogens is 356 g/mol. The topological polar surface area (TPSA) is 88.8 Å². The average molecular weight is 382 g/mol. The molecule has 1 aliphatic rings. The zero-order valence-electron chi connectivity index (χ0n) is 16.5. The Balaban J connectivity index is 1.60. The summed E-state index contributed by atoms with van der Waals surface area (Å²) in [5.74, 6) is 0.437. The standard InChI is InChI=1S/C21H26N4O3/c1-21(2,3)28-20(27)25-12-10-24(11-13-25)18-9-8-17(14-23-18)15-4-6-16(7-5-15)19(22)26/h4-9,14H,10-13H2,1-3H3,(H2,22,26). The SMILES string of the molecule is CC(C)(C)OC(=O)N1CCN(c2ccc(-c3ccc(C(N)=O)cc3)cn2)CC1. The van der Waals surface area contributed by atoms with Crippen LogP contribution >= 0.6 is 0 Å². The van der Waals surface area contributed by atoms with Gasteiger partial charge < -0.3 is 20.3 Å². The van der Waals surface area contributed by atoms with E-state index in [0.717, 1.165) is 16.9 Å². The van der Waals surface area contributed by atoms with Gasteiger partial charge in [0.25, 0.3) is 0 Å². The molecular formula is C21H26N4O3. The quantitative estimate of drug-likeness (QED) is 0.882. The highest BCUT2D eigenvalue weighted by Gasteiger charge is 2.26. The minimum Gasteiger partial charge on any atom is -0.444 e. The number of pyridine rings is 1. The van der Waals surface area contributed by atoms with Gasteiger partial charge in [-0.25, -0.2) is 9.78 Å². The van der Waals surface area contributed by atoms with Crippen LogP contribution in [0.15, 0.2) is 42.6 Å². The molecule has 0 bridgehead atoms. The van der Waals surface area contributed by atoms with Crippen LogP contribution < -0.4 is 10.6 Å². The summed E-state index contributed by atoms with van der Waals surface area (Å²) in [7, 11) is 0. The van der Waals surface area contributed by atoms with Crippen LogP contribution in [0.1, 0.15) is 31.1 Å². The maximum Gasteiger partial charge on any atom is 0.410 e. The average Bonchev–Trinajstić information content (AvgIpc) is 2.67. The van der Waals surface area contributed by atoms with Crippen LogP contribution in [-0.4, -0.2) is 53.7 Å². The molecule has 0 radical (unpaired) electrons. The summed E-state index contributed by atoms with van der Waals surface area (Å²) in [4.78, 5) is 31.8. The minimum absolute atomic E-state index is 0.269. The second kappa shape index (κ2) is 7.88. The fourth-order valence-electron chi connectivity index (χ4n) is 3.02. The molecule has 1 saturated heterocycles. The molecule has 148 valence electrons. The van der Waals surface area contributed by atoms with Gasteiger partial charge in [0, 0.05) is 43.5 Å². The number of piperazine rings is 1. The number of ether oxygens (including phenoxy) is 1. The van der Waals surface area contributed by atoms with Gasteiger partial charge in [0.05, 0.1) is 0 Å². The Hall–Kier alpha value is -3.09. The molecule has 7 nitrogen and oxygen atoms in total. The highest BCUT2D eigenvalue weighted by Crippen LogP contribution is 2.22. The Morgan fingerprint density at radius 2 is 1.57 bits per heavy atom. The normalized spacial score (nSPS) is 14.7. The smallest absolute Gasteiger partial charge is 0.410 e. The highest BCUT2D eigenvalue weighted by molar-refractivity contribution is 5.93. The fraction of sp³-hybridized carbons (Fsp3) is 0.381. The number of benzene rings is 1. The van der Waals surface area contributed by atoms with Crippen LogP contribution in [0.25, 0.3) is 11.1 Å². The molecule has 2 N–H and O–H groups in total. The molecule has 28 heavy (non-hydrogen) atoms. The first kappa shape index (κ1) is 19.7. The van der Waals surface area contributed by atoms with Gasteiger partial charge in [-0.2, -0.15) is 0 Å². The molecule has 0 aliphatic carbocycles. The Kier molecular flexibility index (Phi) is 5.53. The number of nitrogens with two attached hydrogens (primary N) is 1. The van der Waals surface area contributed by atoms with E-state index in [2.05, 4.69) is 9.88 Å². The van der Waals surface area contributed by atoms with Gasteiger partial charge in [0.2, 0.25) is 5.91 Å². The predicted molar refractivity (Wildman–Crippen MR) is 108 cm³/mol. The summed E-state index contributed by atoms with van der Waals surface area (Å²) in [6.45, 7) is 8.23. The van der Waals surface area contributed by atoms with Gasteiger partial charge in [0.15, 0.2) is 0 Å². The van der Waals surface area contributed by atoms with Crippen LogP contribution in [0.5, 0.6) is 0 Å². The minimum atomic E-state index is -0.485. The van der Waals surface area contributed by atoms with Crippen molar-refractivity contribution in [1.29, 1.82) is 0 Å². The van der Waals surface area contributed by atoms with E-state index in [-0.39, 0.29) is 6.09 Å². The Labute approximate surface area is 165 Å². The molecule has 2 heterocycles. The van der Waals surface area contributed by atoms with Crippen LogP contribution in [-0.2, 0) is 4.74 Å². The molecule has 7 heteroatoms. The summed E-state index contributed by atoms with van der Waals surface area (Å²) in [5.41, 5.74) is 7.21. The molecule has 3 rings (SSSR count). The van der Waals surface area contributed by atoms with Crippen molar-refractivity contribution in [3.8, 4) is 11.1 Å². The number of hydrogen-bond acceptors (Lipinski definition) is 5. The van der Waals surface area contributed by atoms with Gasteiger partial charge in [-0.1, -0.05) is 12.1 Å². The Morgan fingerprint density at radius 1 is 0.964 bits per heavy atom. The lowest BCUT2D eigenvalue weighted by atomic mass is 10.1. The van der Waals surface area contributed by atoms with E-state index in [1.54, 1.807) is 17.0 Å². The molecule has 1 fully saturated rings. The van der Waals surface area contributed by atoms with E-state index >= 15 is 0 Å². The van der Waals surface area contributed by atoms with E-state index in [9.17, 15) is 9.59 Å². The fourth-order valence-corrected chi connectivity index (χ4v) is 3.02. The van der Waals surface area contributed by atoms with Crippen LogP contribution in [0.4, 0.5) is 10.6 Å². The third-order valence-electron chi connectivity index (χ3n) is 4.51. The third kappa shape index (κ3) is 4.79. The number of primary amides is 1. The maximum atomic E-state index is 12.2. The van der Waals surface area contributed by atoms with Crippen molar-refractivity contribution in [2.75, 3.05) is 31.1 Å². The van der Waals surface area contributed by atoms with Gasteiger partial charge in [0.1, 0.15) is 11.4 Å². The van der Waals surface area contributed by atoms with Crippen molar-refractivity contribution < 1.29 is 14.3 Å². The van der Waals surface area contributed by atoms with Crippen LogP contribution in [0.3, 0.4) is 0 Å². The molecule has 1 aliphatic heterocycles. The molecule has 0 spiro atoms. The van der Waals surface area contributed by atoms with E-state index < -0.39 is 11.5 Å². The monoisotopic (exact) mass is 382 g/mol. The first-order valence-corrected chi connectivity index (χ1v) is 9.32. The van der Waals surface area contributed by atoms with Gasteiger partial charge in [-0.15, -0.1) is 0 Å². The summed E-state index contributed by atoms with van der Waals surface area (Å²) < 4.78 is 5.43. The van der Waals surface area contributed by atoms with E-state index in [0.29, 0.717) is 31.7 Å². The summed E-state index contributed by atoms with van der Waals surface area (Å²) >= 11 is 0. The number of carbonyl (C=O) groups excluding carboxylic acids is 2. The van der Waals surface area contributed by atoms with Crippen molar-refractivity contribution in [3.63, 3.8) is 0 Å². The highest BCUT2D eigenvalue weighted by atomic mass is 16.6. The van der Waals surface area contributed by atoms with Crippen LogP contribution in [0.2, 0.25) is 0 Å². The van der Waals surface area contributed by atoms with Crippen LogP contribution in [0, 0.1) is 0 Å². The number of carbonyl (C=O) groups is 2.